The van der Waals surface area contributed by atoms with Crippen molar-refractivity contribution in [3.8, 4) is 0 Å². The lowest BCUT2D eigenvalue weighted by Gasteiger charge is -2.37. The van der Waals surface area contributed by atoms with Crippen molar-refractivity contribution in [2.45, 2.75) is 31.7 Å². The van der Waals surface area contributed by atoms with Crippen molar-refractivity contribution in [1.82, 2.24) is 14.4 Å². The quantitative estimate of drug-likeness (QED) is 0.831. The Hall–Kier alpha value is -1.77. The molecule has 1 aliphatic rings. The zero-order valence-electron chi connectivity index (χ0n) is 14.6. The minimum absolute atomic E-state index is 0.101. The van der Waals surface area contributed by atoms with Crippen LogP contribution in [0.25, 0.3) is 0 Å². The highest BCUT2D eigenvalue weighted by molar-refractivity contribution is 7.89. The van der Waals surface area contributed by atoms with Gasteiger partial charge in [0.1, 0.15) is 16.4 Å². The first-order chi connectivity index (χ1) is 11.8. The Labute approximate surface area is 147 Å². The first kappa shape index (κ1) is 18.0. The van der Waals surface area contributed by atoms with E-state index in [4.69, 9.17) is 4.52 Å². The number of hydrogen-bond donors (Lipinski definition) is 0. The summed E-state index contributed by atoms with van der Waals surface area (Å²) in [5.41, 5.74) is 1.41. The zero-order chi connectivity index (χ0) is 18.2. The Morgan fingerprint density at radius 3 is 2.24 bits per heavy atom. The van der Waals surface area contributed by atoms with Crippen LogP contribution in [0.3, 0.4) is 0 Å². The average Bonchev–Trinajstić information content (AvgIpc) is 2.94. The first-order valence-electron chi connectivity index (χ1n) is 8.23. The van der Waals surface area contributed by atoms with Crippen molar-refractivity contribution in [3.63, 3.8) is 0 Å². The van der Waals surface area contributed by atoms with Crippen LogP contribution in [0.2, 0.25) is 0 Å². The van der Waals surface area contributed by atoms with Gasteiger partial charge in [0.2, 0.25) is 10.0 Å². The molecule has 0 radical (unpaired) electrons. The number of sulfonamides is 1. The zero-order valence-corrected chi connectivity index (χ0v) is 15.4. The number of piperazine rings is 1. The van der Waals surface area contributed by atoms with E-state index in [1.165, 1.54) is 16.4 Å². The smallest absolute Gasteiger partial charge is 0.248 e. The van der Waals surface area contributed by atoms with Crippen LogP contribution in [0.5, 0.6) is 0 Å². The van der Waals surface area contributed by atoms with E-state index in [1.54, 1.807) is 26.0 Å². The molecule has 25 heavy (non-hydrogen) atoms. The summed E-state index contributed by atoms with van der Waals surface area (Å²) in [6, 6.07) is 6.54. The van der Waals surface area contributed by atoms with Gasteiger partial charge in [0.05, 0.1) is 0 Å². The molecule has 0 bridgehead atoms. The van der Waals surface area contributed by atoms with E-state index >= 15 is 0 Å². The fraction of sp³-hybridized carbons (Fsp3) is 0.471. The Bertz CT molecular complexity index is 821. The van der Waals surface area contributed by atoms with Crippen LogP contribution in [-0.2, 0) is 10.0 Å². The number of halogens is 1. The van der Waals surface area contributed by atoms with Crippen LogP contribution in [0.4, 0.5) is 4.39 Å². The summed E-state index contributed by atoms with van der Waals surface area (Å²) in [5, 5.41) is 3.75. The Morgan fingerprint density at radius 2 is 1.72 bits per heavy atom. The molecule has 136 valence electrons. The van der Waals surface area contributed by atoms with E-state index in [1.807, 2.05) is 6.92 Å². The average molecular weight is 367 g/mol. The minimum Gasteiger partial charge on any atom is -0.360 e. The first-order valence-corrected chi connectivity index (χ1v) is 9.67. The number of rotatable bonds is 4. The van der Waals surface area contributed by atoms with E-state index in [9.17, 15) is 12.8 Å². The predicted octanol–water partition coefficient (Wildman–Crippen LogP) is 2.50. The predicted molar refractivity (Wildman–Crippen MR) is 91.1 cm³/mol. The molecule has 2 aromatic rings. The lowest BCUT2D eigenvalue weighted by atomic mass is 10.1. The van der Waals surface area contributed by atoms with Crippen LogP contribution >= 0.6 is 0 Å². The normalized spacial score (nSPS) is 18.4. The number of hydrogen-bond acceptors (Lipinski definition) is 5. The maximum atomic E-state index is 13.1. The molecular weight excluding hydrogens is 345 g/mol. The maximum Gasteiger partial charge on any atom is 0.248 e. The number of benzene rings is 1. The van der Waals surface area contributed by atoms with Crippen molar-refractivity contribution in [3.05, 3.63) is 47.1 Å². The third-order valence-corrected chi connectivity index (χ3v) is 6.88. The third-order valence-electron chi connectivity index (χ3n) is 4.74. The van der Waals surface area contributed by atoms with Gasteiger partial charge in [-0.25, -0.2) is 12.8 Å². The van der Waals surface area contributed by atoms with Gasteiger partial charge in [-0.3, -0.25) is 4.90 Å². The fourth-order valence-corrected chi connectivity index (χ4v) is 4.97. The number of nitrogens with zero attached hydrogens (tertiary/aromatic N) is 3. The van der Waals surface area contributed by atoms with Crippen LogP contribution < -0.4 is 0 Å². The standard InChI is InChI=1S/C17H22FN3O3S/c1-12-17(14(3)24-19-12)25(22,23)21-10-8-20(9-11-21)13(2)15-4-6-16(18)7-5-15/h4-7,13H,8-11H2,1-3H3/t13-/m1/s1. The molecule has 1 atom stereocenters. The van der Waals surface area contributed by atoms with Crippen LogP contribution in [0, 0.1) is 19.7 Å². The van der Waals surface area contributed by atoms with Gasteiger partial charge < -0.3 is 4.52 Å². The molecule has 8 heteroatoms. The molecule has 1 fully saturated rings. The van der Waals surface area contributed by atoms with Crippen molar-refractivity contribution < 1.29 is 17.3 Å². The number of aromatic nitrogens is 1. The molecule has 0 saturated carbocycles. The molecule has 0 aliphatic carbocycles. The molecular formula is C17H22FN3O3S. The molecule has 0 amide bonds. The molecule has 1 aromatic heterocycles. The summed E-state index contributed by atoms with van der Waals surface area (Å²) in [4.78, 5) is 2.37. The summed E-state index contributed by atoms with van der Waals surface area (Å²) in [6.07, 6.45) is 0. The van der Waals surface area contributed by atoms with Gasteiger partial charge in [0, 0.05) is 32.2 Å². The summed E-state index contributed by atoms with van der Waals surface area (Å²) < 4.78 is 45.2. The van der Waals surface area contributed by atoms with Gasteiger partial charge in [0.25, 0.3) is 0 Å². The summed E-state index contributed by atoms with van der Waals surface area (Å²) in [5.74, 6) is 0.0610. The Morgan fingerprint density at radius 1 is 1.12 bits per heavy atom. The van der Waals surface area contributed by atoms with E-state index in [0.717, 1.165) is 5.56 Å². The summed E-state index contributed by atoms with van der Waals surface area (Å²) in [7, 11) is -3.60. The lowest BCUT2D eigenvalue weighted by Crippen LogP contribution is -2.49. The molecule has 1 aromatic carbocycles. The van der Waals surface area contributed by atoms with Gasteiger partial charge in [0.15, 0.2) is 5.76 Å². The van der Waals surface area contributed by atoms with Crippen LogP contribution in [0.1, 0.15) is 30.0 Å². The van der Waals surface area contributed by atoms with Gasteiger partial charge in [-0.15, -0.1) is 0 Å². The second-order valence-corrected chi connectivity index (χ2v) is 8.20. The Balaban J connectivity index is 1.70. The van der Waals surface area contributed by atoms with Gasteiger partial charge in [-0.05, 0) is 38.5 Å². The molecule has 1 aliphatic heterocycles. The molecule has 0 N–H and O–H groups in total. The molecule has 0 spiro atoms. The highest BCUT2D eigenvalue weighted by Crippen LogP contribution is 2.27. The highest BCUT2D eigenvalue weighted by Gasteiger charge is 2.34. The van der Waals surface area contributed by atoms with Crippen molar-refractivity contribution >= 4 is 10.0 Å². The van der Waals surface area contributed by atoms with E-state index < -0.39 is 10.0 Å². The Kier molecular flexibility index (Phi) is 4.95. The van der Waals surface area contributed by atoms with Crippen molar-refractivity contribution in [2.24, 2.45) is 0 Å². The molecule has 0 unspecified atom stereocenters. The molecule has 1 saturated heterocycles. The second-order valence-electron chi connectivity index (χ2n) is 6.32. The summed E-state index contributed by atoms with van der Waals surface area (Å²) >= 11 is 0. The summed E-state index contributed by atoms with van der Waals surface area (Å²) in [6.45, 7) is 7.32. The SMILES string of the molecule is Cc1noc(C)c1S(=O)(=O)N1CCN([C@H](C)c2ccc(F)cc2)CC1. The second kappa shape index (κ2) is 6.86. The van der Waals surface area contributed by atoms with E-state index in [-0.39, 0.29) is 16.8 Å². The monoisotopic (exact) mass is 367 g/mol. The highest BCUT2D eigenvalue weighted by atomic mass is 32.2. The largest absolute Gasteiger partial charge is 0.360 e. The molecule has 2 heterocycles. The van der Waals surface area contributed by atoms with E-state index in [2.05, 4.69) is 10.1 Å². The van der Waals surface area contributed by atoms with Crippen LogP contribution in [0.15, 0.2) is 33.7 Å². The van der Waals surface area contributed by atoms with Crippen LogP contribution in [-0.4, -0.2) is 49.0 Å². The topological polar surface area (TPSA) is 66.7 Å². The maximum absolute atomic E-state index is 13.1. The third kappa shape index (κ3) is 3.47. The number of aryl methyl sites for hydroxylation is 2. The van der Waals surface area contributed by atoms with Crippen molar-refractivity contribution in [1.29, 1.82) is 0 Å². The minimum atomic E-state index is -3.60. The van der Waals surface area contributed by atoms with Gasteiger partial charge in [-0.1, -0.05) is 17.3 Å². The fourth-order valence-electron chi connectivity index (χ4n) is 3.26. The lowest BCUT2D eigenvalue weighted by molar-refractivity contribution is 0.145. The van der Waals surface area contributed by atoms with Crippen molar-refractivity contribution in [2.75, 3.05) is 26.2 Å². The van der Waals surface area contributed by atoms with Gasteiger partial charge in [-0.2, -0.15) is 4.31 Å². The van der Waals surface area contributed by atoms with Gasteiger partial charge >= 0.3 is 0 Å². The molecule has 3 rings (SSSR count). The molecule has 6 nitrogen and oxygen atoms in total. The van der Waals surface area contributed by atoms with E-state index in [0.29, 0.717) is 37.6 Å².